The Labute approximate surface area is 253 Å². The smallest absolute Gasteiger partial charge is 0.174 e. The molecule has 0 amide bonds. The average Bonchev–Trinajstić information content (AvgIpc) is 3.77. The predicted octanol–water partition coefficient (Wildman–Crippen LogP) is 9.49. The minimum Gasteiger partial charge on any atom is -0.174 e. The molecular formula is C38H30Zr. The van der Waals surface area contributed by atoms with E-state index in [0.717, 1.165) is 33.4 Å². The molecule has 0 fully saturated rings. The topological polar surface area (TPSA) is 0 Å². The van der Waals surface area contributed by atoms with Crippen LogP contribution in [0.3, 0.4) is 0 Å². The van der Waals surface area contributed by atoms with Gasteiger partial charge in [-0.2, -0.15) is 23.3 Å². The van der Waals surface area contributed by atoms with Gasteiger partial charge in [0.15, 0.2) is 0 Å². The molecule has 0 saturated carbocycles. The average molecular weight is 578 g/mol. The van der Waals surface area contributed by atoms with E-state index in [9.17, 15) is 0 Å². The fraction of sp³-hybridized carbons (Fsp3) is 0. The molecule has 0 bridgehead atoms. The Morgan fingerprint density at radius 1 is 0.333 bits per heavy atom. The van der Waals surface area contributed by atoms with Crippen molar-refractivity contribution in [1.29, 1.82) is 0 Å². The third kappa shape index (κ3) is 10.5. The second kappa shape index (κ2) is 17.7. The zero-order valence-electron chi connectivity index (χ0n) is 21.8. The summed E-state index contributed by atoms with van der Waals surface area (Å²) in [5, 5.41) is 0. The Bertz CT molecular complexity index is 1270. The van der Waals surface area contributed by atoms with Crippen LogP contribution in [0.25, 0.3) is 11.1 Å². The molecule has 0 nitrogen and oxygen atoms in total. The van der Waals surface area contributed by atoms with Crippen LogP contribution in [0.2, 0.25) is 0 Å². The van der Waals surface area contributed by atoms with E-state index < -0.39 is 0 Å². The fourth-order valence-corrected chi connectivity index (χ4v) is 3.74. The Morgan fingerprint density at radius 2 is 0.615 bits per heavy atom. The molecule has 4 aromatic rings. The number of hydrogen-bond donors (Lipinski definition) is 0. The summed E-state index contributed by atoms with van der Waals surface area (Å²) in [5.41, 5.74) is 6.39. The van der Waals surface area contributed by atoms with E-state index in [0.29, 0.717) is 0 Å². The monoisotopic (exact) mass is 576 g/mol. The van der Waals surface area contributed by atoms with Crippen molar-refractivity contribution >= 4 is 11.1 Å². The molecule has 4 aromatic carbocycles. The van der Waals surface area contributed by atoms with Crippen LogP contribution in [0.15, 0.2) is 170 Å². The summed E-state index contributed by atoms with van der Waals surface area (Å²) in [6, 6.07) is 41.3. The standard InChI is InChI=1S/C28H20.2C5H5.Zr/c1-5-13-23(14-6-1)21-27(25-17-9-3-10-18-25)28(26-19-11-4-12-20-26)22-24-15-7-2-8-16-24;2*1-2-4-5-3-1;/h1-20H;2*1-5H;/q-2;;;+2. The predicted molar refractivity (Wildman–Crippen MR) is 162 cm³/mol. The van der Waals surface area contributed by atoms with Crippen LogP contribution in [0, 0.1) is 25.0 Å². The van der Waals surface area contributed by atoms with Gasteiger partial charge < -0.3 is 0 Å². The summed E-state index contributed by atoms with van der Waals surface area (Å²) in [7, 11) is 0. The molecule has 6 rings (SSSR count). The molecule has 0 spiro atoms. The van der Waals surface area contributed by atoms with Crippen molar-refractivity contribution in [1.82, 2.24) is 0 Å². The van der Waals surface area contributed by atoms with E-state index in [2.05, 4.69) is 84.9 Å². The third-order valence-corrected chi connectivity index (χ3v) is 5.57. The zero-order chi connectivity index (χ0) is 26.1. The van der Waals surface area contributed by atoms with Crippen molar-refractivity contribution in [3.05, 3.63) is 217 Å². The van der Waals surface area contributed by atoms with E-state index in [1.807, 2.05) is 110 Å². The van der Waals surface area contributed by atoms with Crippen LogP contribution < -0.4 is 0 Å². The molecule has 2 aliphatic rings. The van der Waals surface area contributed by atoms with Crippen molar-refractivity contribution in [3.63, 3.8) is 0 Å². The molecular weight excluding hydrogens is 548 g/mol. The maximum Gasteiger partial charge on any atom is 2.00 e. The number of rotatable bonds is 5. The van der Waals surface area contributed by atoms with Crippen LogP contribution in [0.5, 0.6) is 0 Å². The van der Waals surface area contributed by atoms with E-state index in [-0.39, 0.29) is 26.2 Å². The molecule has 0 saturated heterocycles. The van der Waals surface area contributed by atoms with Gasteiger partial charge in [0.2, 0.25) is 0 Å². The summed E-state index contributed by atoms with van der Waals surface area (Å²) >= 11 is 0. The molecule has 1 heteroatoms. The van der Waals surface area contributed by atoms with Crippen molar-refractivity contribution in [2.45, 2.75) is 0 Å². The summed E-state index contributed by atoms with van der Waals surface area (Å²) in [6.07, 6.45) is 27.3. The van der Waals surface area contributed by atoms with Gasteiger partial charge in [0, 0.05) is 12.8 Å². The summed E-state index contributed by atoms with van der Waals surface area (Å²) in [6.45, 7) is 0. The van der Waals surface area contributed by atoms with Gasteiger partial charge in [-0.25, -0.2) is 0 Å². The van der Waals surface area contributed by atoms with Crippen LogP contribution in [0.1, 0.15) is 22.3 Å². The van der Waals surface area contributed by atoms with Gasteiger partial charge in [-0.1, -0.05) is 146 Å². The van der Waals surface area contributed by atoms with Crippen LogP contribution in [-0.4, -0.2) is 0 Å². The summed E-state index contributed by atoms with van der Waals surface area (Å²) in [5.74, 6) is 0. The maximum atomic E-state index is 3.63. The van der Waals surface area contributed by atoms with Crippen molar-refractivity contribution < 1.29 is 26.2 Å². The van der Waals surface area contributed by atoms with Crippen LogP contribution in [0.4, 0.5) is 0 Å². The molecule has 0 heterocycles. The first kappa shape index (κ1) is 29.8. The number of allylic oxidation sites excluding steroid dienone is 10. The molecule has 186 valence electrons. The maximum absolute atomic E-state index is 3.63. The van der Waals surface area contributed by atoms with Crippen molar-refractivity contribution in [2.24, 2.45) is 0 Å². The largest absolute Gasteiger partial charge is 2.00 e. The molecule has 2 radical (unpaired) electrons. The van der Waals surface area contributed by atoms with Gasteiger partial charge in [0.25, 0.3) is 0 Å². The number of benzene rings is 4. The molecule has 2 aliphatic carbocycles. The Hall–Kier alpha value is -3.80. The van der Waals surface area contributed by atoms with Gasteiger partial charge >= 0.3 is 26.2 Å². The normalized spacial score (nSPS) is 13.1. The van der Waals surface area contributed by atoms with Crippen molar-refractivity contribution in [2.75, 3.05) is 0 Å². The van der Waals surface area contributed by atoms with Gasteiger partial charge in [-0.3, -0.25) is 0 Å². The van der Waals surface area contributed by atoms with Gasteiger partial charge in [-0.15, -0.1) is 46.5 Å². The van der Waals surface area contributed by atoms with E-state index in [1.54, 1.807) is 0 Å². The van der Waals surface area contributed by atoms with Crippen LogP contribution in [-0.2, 0) is 26.2 Å². The van der Waals surface area contributed by atoms with E-state index >= 15 is 0 Å². The van der Waals surface area contributed by atoms with Crippen LogP contribution >= 0.6 is 0 Å². The Morgan fingerprint density at radius 3 is 0.872 bits per heavy atom. The first-order valence-corrected chi connectivity index (χ1v) is 12.7. The SMILES string of the molecule is [C-](=C(C(=[C-]c1ccccc1)c1ccccc1)c1ccccc1)c1ccccc1.[CH]1C=CC=C1.[CH]1C=CC=C1.[Zr+2]. The van der Waals surface area contributed by atoms with Gasteiger partial charge in [0.05, 0.1) is 0 Å². The quantitative estimate of drug-likeness (QED) is 0.126. The molecule has 39 heavy (non-hydrogen) atoms. The third-order valence-electron chi connectivity index (χ3n) is 5.57. The zero-order valence-corrected chi connectivity index (χ0v) is 24.3. The molecule has 0 aliphatic heterocycles. The van der Waals surface area contributed by atoms with E-state index in [4.69, 9.17) is 0 Å². The number of hydrogen-bond acceptors (Lipinski definition) is 0. The molecule has 0 atom stereocenters. The Balaban J connectivity index is 0.000000319. The molecule has 0 N–H and O–H groups in total. The minimum atomic E-state index is 0. The second-order valence-corrected chi connectivity index (χ2v) is 8.39. The first-order valence-electron chi connectivity index (χ1n) is 12.7. The minimum absolute atomic E-state index is 0. The van der Waals surface area contributed by atoms with Gasteiger partial charge in [0.1, 0.15) is 0 Å². The second-order valence-electron chi connectivity index (χ2n) is 8.39. The summed E-state index contributed by atoms with van der Waals surface area (Å²) in [4.78, 5) is 0. The molecule has 0 aromatic heterocycles. The molecule has 0 unspecified atom stereocenters. The van der Waals surface area contributed by atoms with Gasteiger partial charge in [-0.05, 0) is 0 Å². The Kier molecular flexibility index (Phi) is 13.5. The van der Waals surface area contributed by atoms with E-state index in [1.165, 1.54) is 0 Å². The fourth-order valence-electron chi connectivity index (χ4n) is 3.74. The van der Waals surface area contributed by atoms with Crippen molar-refractivity contribution in [3.8, 4) is 0 Å². The summed E-state index contributed by atoms with van der Waals surface area (Å²) < 4.78 is 0. The first-order chi connectivity index (χ1) is 18.9.